The van der Waals surface area contributed by atoms with Crippen LogP contribution in [0.15, 0.2) is 11.6 Å². The van der Waals surface area contributed by atoms with Gasteiger partial charge in [0.05, 0.1) is 0 Å². The molecule has 21 heavy (non-hydrogen) atoms. The second-order valence-corrected chi connectivity index (χ2v) is 7.43. The monoisotopic (exact) mass is 327 g/mol. The largest absolute Gasteiger partial charge is 0.346 e. The van der Waals surface area contributed by atoms with Crippen molar-refractivity contribution < 1.29 is 0 Å². The lowest BCUT2D eigenvalue weighted by molar-refractivity contribution is 0.140. The predicted octanol–water partition coefficient (Wildman–Crippen LogP) is 3.78. The minimum Gasteiger partial charge on any atom is -0.346 e. The number of aromatic nitrogens is 1. The molecule has 0 aromatic carbocycles. The van der Waals surface area contributed by atoms with Crippen molar-refractivity contribution in [3.63, 3.8) is 0 Å². The van der Waals surface area contributed by atoms with E-state index in [4.69, 9.17) is 0 Å². The van der Waals surface area contributed by atoms with Gasteiger partial charge in [-0.2, -0.15) is 12.6 Å². The molecule has 0 unspecified atom stereocenters. The molecule has 0 N–H and O–H groups in total. The summed E-state index contributed by atoms with van der Waals surface area (Å²) in [6.07, 6.45) is 7.04. The molecule has 1 aromatic rings. The number of piperazine rings is 1. The van der Waals surface area contributed by atoms with E-state index in [9.17, 15) is 0 Å². The first-order chi connectivity index (χ1) is 10.2. The molecule has 1 aromatic heterocycles. The van der Waals surface area contributed by atoms with E-state index in [0.717, 1.165) is 31.9 Å². The molecule has 0 spiro atoms. The van der Waals surface area contributed by atoms with Gasteiger partial charge in [0.2, 0.25) is 0 Å². The molecule has 2 heterocycles. The van der Waals surface area contributed by atoms with E-state index in [1.807, 2.05) is 6.20 Å². The van der Waals surface area contributed by atoms with E-state index in [1.165, 1.54) is 37.4 Å². The van der Waals surface area contributed by atoms with Crippen molar-refractivity contribution in [2.45, 2.75) is 39.5 Å². The maximum Gasteiger partial charge on any atom is 0.185 e. The highest BCUT2D eigenvalue weighted by Gasteiger charge is 2.31. The van der Waals surface area contributed by atoms with E-state index in [0.29, 0.717) is 5.41 Å². The van der Waals surface area contributed by atoms with E-state index < -0.39 is 0 Å². The number of hydrogen-bond acceptors (Lipinski definition) is 5. The molecule has 0 saturated carbocycles. The SMILES string of the molecule is CCCC(CS)(CCC)CN1CCN(c2nccs2)CC1. The first-order valence-electron chi connectivity index (χ1n) is 8.20. The standard InChI is InChI=1S/C16H29N3S2/c1-3-5-16(14-20,6-4-2)13-18-8-10-19(11-9-18)15-17-7-12-21-15/h7,12,20H,3-6,8-11,13-14H2,1-2H3. The number of nitrogens with zero attached hydrogens (tertiary/aromatic N) is 3. The number of rotatable bonds is 8. The zero-order valence-electron chi connectivity index (χ0n) is 13.4. The molecule has 1 aliphatic rings. The highest BCUT2D eigenvalue weighted by molar-refractivity contribution is 7.80. The van der Waals surface area contributed by atoms with Crippen molar-refractivity contribution in [2.24, 2.45) is 5.41 Å². The average Bonchev–Trinajstić information content (AvgIpc) is 3.03. The predicted molar refractivity (Wildman–Crippen MR) is 96.9 cm³/mol. The average molecular weight is 328 g/mol. The van der Waals surface area contributed by atoms with Crippen LogP contribution in [0.3, 0.4) is 0 Å². The molecular weight excluding hydrogens is 298 g/mol. The molecule has 0 amide bonds. The van der Waals surface area contributed by atoms with Gasteiger partial charge in [-0.3, -0.25) is 4.90 Å². The summed E-state index contributed by atoms with van der Waals surface area (Å²) in [5, 5.41) is 3.24. The molecule has 1 aliphatic heterocycles. The third kappa shape index (κ3) is 4.60. The summed E-state index contributed by atoms with van der Waals surface area (Å²) < 4.78 is 0. The van der Waals surface area contributed by atoms with Gasteiger partial charge in [0.25, 0.3) is 0 Å². The molecule has 0 atom stereocenters. The lowest BCUT2D eigenvalue weighted by atomic mass is 9.80. The van der Waals surface area contributed by atoms with E-state index in [2.05, 4.69) is 46.6 Å². The van der Waals surface area contributed by atoms with Crippen LogP contribution in [0.5, 0.6) is 0 Å². The maximum absolute atomic E-state index is 4.69. The fourth-order valence-electron chi connectivity index (χ4n) is 3.50. The molecule has 3 nitrogen and oxygen atoms in total. The van der Waals surface area contributed by atoms with Crippen LogP contribution in [-0.4, -0.2) is 48.4 Å². The van der Waals surface area contributed by atoms with Gasteiger partial charge in [0, 0.05) is 44.3 Å². The summed E-state index contributed by atoms with van der Waals surface area (Å²) in [5.41, 5.74) is 0.413. The van der Waals surface area contributed by atoms with Crippen LogP contribution >= 0.6 is 24.0 Å². The molecular formula is C16H29N3S2. The number of anilines is 1. The van der Waals surface area contributed by atoms with E-state index in [-0.39, 0.29) is 0 Å². The molecule has 0 aliphatic carbocycles. The van der Waals surface area contributed by atoms with Gasteiger partial charge in [-0.05, 0) is 24.0 Å². The summed E-state index contributed by atoms with van der Waals surface area (Å²) in [4.78, 5) is 9.49. The Morgan fingerprint density at radius 3 is 2.33 bits per heavy atom. The highest BCUT2D eigenvalue weighted by Crippen LogP contribution is 2.33. The van der Waals surface area contributed by atoms with Crippen LogP contribution in [0.1, 0.15) is 39.5 Å². The summed E-state index contributed by atoms with van der Waals surface area (Å²) >= 11 is 6.44. The Labute approximate surface area is 139 Å². The normalized spacial score (nSPS) is 17.4. The fraction of sp³-hybridized carbons (Fsp3) is 0.812. The van der Waals surface area contributed by atoms with Gasteiger partial charge < -0.3 is 4.90 Å². The van der Waals surface area contributed by atoms with Crippen LogP contribution in [0.25, 0.3) is 0 Å². The zero-order chi connectivity index (χ0) is 15.1. The van der Waals surface area contributed by atoms with Crippen molar-refractivity contribution in [1.29, 1.82) is 0 Å². The van der Waals surface area contributed by atoms with Gasteiger partial charge >= 0.3 is 0 Å². The third-order valence-corrected chi connectivity index (χ3v) is 6.02. The Bertz CT molecular complexity index is 380. The molecule has 1 saturated heterocycles. The van der Waals surface area contributed by atoms with Crippen LogP contribution in [0.2, 0.25) is 0 Å². The second kappa shape index (κ2) is 8.39. The van der Waals surface area contributed by atoms with Crippen molar-refractivity contribution in [3.05, 3.63) is 11.6 Å². The Hall–Kier alpha value is -0.260. The van der Waals surface area contributed by atoms with Gasteiger partial charge in [-0.1, -0.05) is 26.7 Å². The summed E-state index contributed by atoms with van der Waals surface area (Å²) in [6.45, 7) is 10.3. The number of thiazole rings is 1. The third-order valence-electron chi connectivity index (χ3n) is 4.52. The Morgan fingerprint density at radius 1 is 1.19 bits per heavy atom. The Balaban J connectivity index is 1.88. The quantitative estimate of drug-likeness (QED) is 0.733. The van der Waals surface area contributed by atoms with Crippen molar-refractivity contribution in [2.75, 3.05) is 43.4 Å². The minimum atomic E-state index is 0.413. The zero-order valence-corrected chi connectivity index (χ0v) is 15.1. The Morgan fingerprint density at radius 2 is 1.86 bits per heavy atom. The summed E-state index contributed by atoms with van der Waals surface area (Å²) in [7, 11) is 0. The number of hydrogen-bond donors (Lipinski definition) is 1. The molecule has 2 rings (SSSR count). The summed E-state index contributed by atoms with van der Waals surface area (Å²) in [6, 6.07) is 0. The molecule has 120 valence electrons. The van der Waals surface area contributed by atoms with Crippen LogP contribution < -0.4 is 4.90 Å². The Kier molecular flexibility index (Phi) is 6.83. The van der Waals surface area contributed by atoms with Crippen LogP contribution in [0.4, 0.5) is 5.13 Å². The van der Waals surface area contributed by atoms with Crippen LogP contribution in [0, 0.1) is 5.41 Å². The lowest BCUT2D eigenvalue weighted by Gasteiger charge is -2.41. The molecule has 1 fully saturated rings. The fourth-order valence-corrected chi connectivity index (χ4v) is 4.61. The van der Waals surface area contributed by atoms with Crippen molar-refractivity contribution in [3.8, 4) is 0 Å². The first-order valence-corrected chi connectivity index (χ1v) is 9.72. The number of thiol groups is 1. The lowest BCUT2D eigenvalue weighted by Crippen LogP contribution is -2.50. The molecule has 5 heteroatoms. The van der Waals surface area contributed by atoms with Crippen LogP contribution in [-0.2, 0) is 0 Å². The maximum atomic E-state index is 4.69. The van der Waals surface area contributed by atoms with Crippen molar-refractivity contribution in [1.82, 2.24) is 9.88 Å². The van der Waals surface area contributed by atoms with E-state index >= 15 is 0 Å². The van der Waals surface area contributed by atoms with Crippen molar-refractivity contribution >= 4 is 29.1 Å². The summed E-state index contributed by atoms with van der Waals surface area (Å²) in [5.74, 6) is 1.02. The first kappa shape index (κ1) is 17.1. The molecule has 0 bridgehead atoms. The topological polar surface area (TPSA) is 19.4 Å². The smallest absolute Gasteiger partial charge is 0.185 e. The van der Waals surface area contributed by atoms with Gasteiger partial charge in [0.15, 0.2) is 5.13 Å². The minimum absolute atomic E-state index is 0.413. The highest BCUT2D eigenvalue weighted by atomic mass is 32.1. The van der Waals surface area contributed by atoms with E-state index in [1.54, 1.807) is 11.3 Å². The van der Waals surface area contributed by atoms with Gasteiger partial charge in [-0.25, -0.2) is 4.98 Å². The molecule has 0 radical (unpaired) electrons. The van der Waals surface area contributed by atoms with Gasteiger partial charge in [-0.15, -0.1) is 11.3 Å². The van der Waals surface area contributed by atoms with Gasteiger partial charge in [0.1, 0.15) is 0 Å². The second-order valence-electron chi connectivity index (χ2n) is 6.24.